The highest BCUT2D eigenvalue weighted by molar-refractivity contribution is 5.13. The number of hydrogen-bond acceptors (Lipinski definition) is 3. The van der Waals surface area contributed by atoms with Gasteiger partial charge in [0.25, 0.3) is 11.1 Å². The van der Waals surface area contributed by atoms with Gasteiger partial charge in [0.05, 0.1) is 5.56 Å². The molecule has 0 radical (unpaired) electrons. The van der Waals surface area contributed by atoms with Crippen molar-refractivity contribution in [2.45, 2.75) is 67.2 Å². The van der Waals surface area contributed by atoms with Crippen molar-refractivity contribution in [3.05, 3.63) is 55.9 Å². The van der Waals surface area contributed by atoms with Crippen LogP contribution in [0.5, 0.6) is 0 Å². The van der Waals surface area contributed by atoms with Crippen LogP contribution in [0.3, 0.4) is 0 Å². The van der Waals surface area contributed by atoms with E-state index < -0.39 is 0 Å². The zero-order valence-electron chi connectivity index (χ0n) is 17.7. The second-order valence-corrected chi connectivity index (χ2v) is 7.44. The van der Waals surface area contributed by atoms with Crippen LogP contribution < -0.4 is 11.1 Å². The molecule has 6 heteroatoms. The molecule has 148 valence electrons. The van der Waals surface area contributed by atoms with Crippen molar-refractivity contribution >= 4 is 0 Å². The lowest BCUT2D eigenvalue weighted by Crippen LogP contribution is -2.02. The minimum Gasteiger partial charge on any atom is -0.383 e. The minimum atomic E-state index is -0.122. The van der Waals surface area contributed by atoms with Crippen LogP contribution in [0, 0.1) is 12.8 Å². The molecule has 2 N–H and O–H groups in total. The third-order valence-electron chi connectivity index (χ3n) is 4.01. The summed E-state index contributed by atoms with van der Waals surface area (Å²) in [6, 6.07) is 1.63. The maximum atomic E-state index is 10.8. The van der Waals surface area contributed by atoms with E-state index in [-0.39, 0.29) is 17.0 Å². The van der Waals surface area contributed by atoms with Crippen LogP contribution in [0.25, 0.3) is 0 Å². The van der Waals surface area contributed by atoms with Gasteiger partial charge in [0, 0.05) is 24.7 Å². The summed E-state index contributed by atoms with van der Waals surface area (Å²) in [4.78, 5) is 21.5. The molecule has 2 aromatic heterocycles. The summed E-state index contributed by atoms with van der Waals surface area (Å²) in [6.07, 6.45) is 0. The second-order valence-electron chi connectivity index (χ2n) is 7.44. The van der Waals surface area contributed by atoms with Crippen molar-refractivity contribution in [1.29, 1.82) is 0 Å². The van der Waals surface area contributed by atoms with Gasteiger partial charge in [0.2, 0.25) is 0 Å². The highest BCUT2D eigenvalue weighted by atomic mass is 16.5. The Morgan fingerprint density at radius 2 is 1.62 bits per heavy atom. The predicted octanol–water partition coefficient (Wildman–Crippen LogP) is 4.46. The molecule has 0 aliphatic heterocycles. The summed E-state index contributed by atoms with van der Waals surface area (Å²) in [5, 5.41) is 4.94. The van der Waals surface area contributed by atoms with Crippen molar-refractivity contribution in [3.63, 3.8) is 0 Å². The summed E-state index contributed by atoms with van der Waals surface area (Å²) in [7, 11) is 1.84. The van der Waals surface area contributed by atoms with Crippen LogP contribution >= 0.6 is 0 Å². The highest BCUT2D eigenvalue weighted by Crippen LogP contribution is 2.14. The Hall–Kier alpha value is -2.24. The Kier molecular flexibility index (Phi) is 9.76. The van der Waals surface area contributed by atoms with Crippen molar-refractivity contribution in [3.8, 4) is 0 Å². The maximum absolute atomic E-state index is 10.8. The Labute approximate surface area is 156 Å². The van der Waals surface area contributed by atoms with Crippen molar-refractivity contribution in [1.82, 2.24) is 14.9 Å². The number of nitrogens with zero attached hydrogens (tertiary/aromatic N) is 1. The molecule has 2 rings (SSSR count). The van der Waals surface area contributed by atoms with Gasteiger partial charge in [-0.1, -0.05) is 53.7 Å². The van der Waals surface area contributed by atoms with E-state index in [1.54, 1.807) is 17.7 Å². The zero-order chi connectivity index (χ0) is 20.6. The maximum Gasteiger partial charge on any atom is 0.283 e. The lowest BCUT2D eigenvalue weighted by molar-refractivity contribution is 0.366. The number of rotatable bonds is 3. The van der Waals surface area contributed by atoms with E-state index in [9.17, 15) is 9.59 Å². The zero-order valence-corrected chi connectivity index (χ0v) is 17.7. The molecule has 0 spiro atoms. The van der Waals surface area contributed by atoms with Gasteiger partial charge in [0.15, 0.2) is 0 Å². The predicted molar refractivity (Wildman–Crippen MR) is 108 cm³/mol. The van der Waals surface area contributed by atoms with Gasteiger partial charge < -0.3 is 4.52 Å². The average molecular weight is 366 g/mol. The van der Waals surface area contributed by atoms with E-state index in [0.717, 1.165) is 11.5 Å². The summed E-state index contributed by atoms with van der Waals surface area (Å²) in [5.74, 6) is 2.10. The Balaban J connectivity index is 0.000000375. The fraction of sp³-hybridized carbons (Fsp3) is 0.600. The normalized spacial score (nSPS) is 10.5. The highest BCUT2D eigenvalue weighted by Gasteiger charge is 2.10. The molecule has 0 aliphatic rings. The molecule has 2 heterocycles. The average Bonchev–Trinajstić information content (AvgIpc) is 3.03. The van der Waals surface area contributed by atoms with E-state index in [0.29, 0.717) is 17.4 Å². The summed E-state index contributed by atoms with van der Waals surface area (Å²) in [5.41, 5.74) is 2.85. The van der Waals surface area contributed by atoms with E-state index >= 15 is 0 Å². The first-order valence-electron chi connectivity index (χ1n) is 8.97. The van der Waals surface area contributed by atoms with E-state index in [1.165, 1.54) is 5.57 Å². The Morgan fingerprint density at radius 3 is 1.77 bits per heavy atom. The fourth-order valence-electron chi connectivity index (χ4n) is 1.96. The molecule has 6 nitrogen and oxygen atoms in total. The van der Waals surface area contributed by atoms with Crippen LogP contribution in [0.1, 0.15) is 77.3 Å². The van der Waals surface area contributed by atoms with Gasteiger partial charge in [-0.25, -0.2) is 0 Å². The number of aromatic amines is 2. The molecule has 0 fully saturated rings. The molecule has 0 atom stereocenters. The molecule has 0 aromatic carbocycles. The molecular formula is C20H35N3O3. The van der Waals surface area contributed by atoms with Gasteiger partial charge in [0.1, 0.15) is 5.76 Å². The molecule has 0 unspecified atom stereocenters. The minimum absolute atomic E-state index is 0.0220. The van der Waals surface area contributed by atoms with Crippen molar-refractivity contribution in [2.75, 3.05) is 0 Å². The van der Waals surface area contributed by atoms with Crippen LogP contribution in [0.2, 0.25) is 0 Å². The smallest absolute Gasteiger partial charge is 0.283 e. The van der Waals surface area contributed by atoms with Crippen LogP contribution in [-0.4, -0.2) is 14.9 Å². The van der Waals surface area contributed by atoms with Gasteiger partial charge >= 0.3 is 0 Å². The SMILES string of the molecule is C=C(C)C(C)C.CC(C)c1cc(=O)[nH]n1C.Cc1c(C(C)C)o[nH]c1=O. The van der Waals surface area contributed by atoms with E-state index in [1.807, 2.05) is 27.8 Å². The molecule has 26 heavy (non-hydrogen) atoms. The van der Waals surface area contributed by atoms with Crippen LogP contribution in [0.4, 0.5) is 0 Å². The second kappa shape index (κ2) is 10.7. The summed E-state index contributed by atoms with van der Waals surface area (Å²) < 4.78 is 6.68. The molecular weight excluding hydrogens is 330 g/mol. The van der Waals surface area contributed by atoms with Gasteiger partial charge in [-0.2, -0.15) is 5.16 Å². The quantitative estimate of drug-likeness (QED) is 0.788. The molecule has 0 aliphatic carbocycles. The Bertz CT molecular complexity index is 780. The van der Waals surface area contributed by atoms with Gasteiger partial charge in [-0.15, -0.1) is 0 Å². The Morgan fingerprint density at radius 1 is 1.12 bits per heavy atom. The standard InChI is InChI=1S/C7H12N2O.C7H11NO2.C6H12/c1-5(2)6-4-7(10)8-9(6)3;1-4(2)6-5(3)7(9)8-10-6;1-5(2)6(3)4/h4-5H,1-3H3,(H,8,10);4H,1-3H3,(H,8,9);6H,1H2,2-4H3. The van der Waals surface area contributed by atoms with Crippen LogP contribution in [0.15, 0.2) is 32.3 Å². The number of aromatic nitrogens is 3. The van der Waals surface area contributed by atoms with Gasteiger partial charge in [-0.05, 0) is 25.7 Å². The first-order chi connectivity index (χ1) is 11.9. The third-order valence-corrected chi connectivity index (χ3v) is 4.01. The number of H-pyrrole nitrogens is 2. The first kappa shape index (κ1) is 23.8. The van der Waals surface area contributed by atoms with Crippen molar-refractivity contribution < 1.29 is 4.52 Å². The lowest BCUT2D eigenvalue weighted by Gasteiger charge is -2.03. The molecule has 0 bridgehead atoms. The molecule has 0 saturated carbocycles. The third kappa shape index (κ3) is 7.76. The van der Waals surface area contributed by atoms with Crippen LogP contribution in [-0.2, 0) is 7.05 Å². The number of aryl methyl sites for hydroxylation is 1. The van der Waals surface area contributed by atoms with E-state index in [2.05, 4.69) is 44.5 Å². The number of nitrogens with one attached hydrogen (secondary N) is 2. The topological polar surface area (TPSA) is 83.8 Å². The molecule has 0 saturated heterocycles. The monoisotopic (exact) mass is 365 g/mol. The van der Waals surface area contributed by atoms with Gasteiger partial charge in [-0.3, -0.25) is 19.4 Å². The number of hydrogen-bond donors (Lipinski definition) is 2. The number of allylic oxidation sites excluding steroid dienone is 1. The first-order valence-corrected chi connectivity index (χ1v) is 8.97. The molecule has 2 aromatic rings. The van der Waals surface area contributed by atoms with E-state index in [4.69, 9.17) is 4.52 Å². The summed E-state index contributed by atoms with van der Waals surface area (Å²) >= 11 is 0. The lowest BCUT2D eigenvalue weighted by atomic mass is 10.1. The molecule has 0 amide bonds. The summed E-state index contributed by atoms with van der Waals surface area (Å²) in [6.45, 7) is 19.9. The largest absolute Gasteiger partial charge is 0.383 e. The fourth-order valence-corrected chi connectivity index (χ4v) is 1.96. The van der Waals surface area contributed by atoms with Crippen molar-refractivity contribution in [2.24, 2.45) is 13.0 Å².